The minimum atomic E-state index is -0.551. The van der Waals surface area contributed by atoms with Crippen molar-refractivity contribution in [1.82, 2.24) is 4.48 Å². The topological polar surface area (TPSA) is 8.17 Å². The van der Waals surface area contributed by atoms with E-state index < -0.39 is 5.41 Å². The second-order valence-corrected chi connectivity index (χ2v) is 24.0. The van der Waals surface area contributed by atoms with Crippen LogP contribution in [0.5, 0.6) is 0 Å². The molecule has 9 aromatic rings. The van der Waals surface area contributed by atoms with Crippen LogP contribution in [0.3, 0.4) is 0 Å². The lowest BCUT2D eigenvalue weighted by Gasteiger charge is -2.50. The molecule has 2 nitrogen and oxygen atoms in total. The lowest BCUT2D eigenvalue weighted by atomic mass is 9.43. The van der Waals surface area contributed by atoms with Crippen LogP contribution in [0.1, 0.15) is 134 Å². The van der Waals surface area contributed by atoms with Gasteiger partial charge in [0.15, 0.2) is 0 Å². The van der Waals surface area contributed by atoms with E-state index in [0.717, 1.165) is 11.8 Å². The summed E-state index contributed by atoms with van der Waals surface area (Å²) in [6.45, 7) is 4.62. The predicted octanol–water partition coefficient (Wildman–Crippen LogP) is 16.4. The third-order valence-electron chi connectivity index (χ3n) is 20.5. The Hall–Kier alpha value is -6.58. The molecule has 0 unspecified atom stereocenters. The summed E-state index contributed by atoms with van der Waals surface area (Å²) < 4.78 is 2.88. The molecule has 352 valence electrons. The zero-order valence-electron chi connectivity index (χ0n) is 42.1. The molecule has 3 heteroatoms. The molecule has 4 saturated carbocycles. The number of rotatable bonds is 5. The zero-order valence-corrected chi connectivity index (χ0v) is 42.1. The fraction of sp³-hybridized carbons (Fsp3) is 0.304. The Morgan fingerprint density at radius 1 is 0.486 bits per heavy atom. The number of hydrogen-bond donors (Lipinski definition) is 0. The van der Waals surface area contributed by atoms with E-state index in [2.05, 4.69) is 187 Å². The minimum Gasteiger partial charge on any atom is -0.375 e. The van der Waals surface area contributed by atoms with Crippen molar-refractivity contribution in [1.29, 1.82) is 0 Å². The molecule has 1 aromatic heterocycles. The number of aryl methyl sites for hydroxylation is 2. The van der Waals surface area contributed by atoms with Crippen molar-refractivity contribution in [2.75, 3.05) is 4.90 Å². The van der Waals surface area contributed by atoms with Crippen LogP contribution >= 0.6 is 0 Å². The maximum absolute atomic E-state index is 2.88. The lowest BCUT2D eigenvalue weighted by molar-refractivity contribution is 0.149. The van der Waals surface area contributed by atoms with Gasteiger partial charge in [-0.1, -0.05) is 173 Å². The predicted molar refractivity (Wildman–Crippen MR) is 302 cm³/mol. The normalized spacial score (nSPS) is 23.9. The Bertz CT molecular complexity index is 3650. The van der Waals surface area contributed by atoms with Gasteiger partial charge >= 0.3 is 6.85 Å². The van der Waals surface area contributed by atoms with Crippen LogP contribution in [-0.2, 0) is 16.2 Å². The first-order chi connectivity index (χ1) is 35.4. The summed E-state index contributed by atoms with van der Waals surface area (Å²) in [5.74, 6) is 1.73. The van der Waals surface area contributed by atoms with Gasteiger partial charge < -0.3 is 9.38 Å². The second kappa shape index (κ2) is 15.2. The molecule has 0 amide bonds. The molecule has 0 radical (unpaired) electrons. The highest BCUT2D eigenvalue weighted by molar-refractivity contribution is 6.90. The molecule has 4 fully saturated rings. The van der Waals surface area contributed by atoms with Crippen LogP contribution in [0.15, 0.2) is 164 Å². The van der Waals surface area contributed by atoms with Gasteiger partial charge in [-0.3, -0.25) is 0 Å². The van der Waals surface area contributed by atoms with Gasteiger partial charge in [-0.05, 0) is 190 Å². The maximum atomic E-state index is 2.88. The van der Waals surface area contributed by atoms with E-state index in [4.69, 9.17) is 0 Å². The fourth-order valence-electron chi connectivity index (χ4n) is 17.7. The van der Waals surface area contributed by atoms with E-state index in [1.807, 2.05) is 0 Å². The number of anilines is 3. The van der Waals surface area contributed by atoms with Gasteiger partial charge in [0.25, 0.3) is 0 Å². The highest BCUT2D eigenvalue weighted by atomic mass is 15.2. The number of fused-ring (bicyclic) bond motifs is 13. The van der Waals surface area contributed by atoms with Crippen LogP contribution in [0.4, 0.5) is 17.1 Å². The van der Waals surface area contributed by atoms with Gasteiger partial charge in [0.05, 0.1) is 11.1 Å². The molecule has 0 N–H and O–H groups in total. The summed E-state index contributed by atoms with van der Waals surface area (Å²) in [6.07, 6.45) is 19.1. The third-order valence-corrected chi connectivity index (χ3v) is 20.5. The minimum absolute atomic E-state index is 0.0225. The summed E-state index contributed by atoms with van der Waals surface area (Å²) in [7, 11) is 0. The highest BCUT2D eigenvalue weighted by Gasteiger charge is 2.53. The van der Waals surface area contributed by atoms with Crippen molar-refractivity contribution in [3.05, 3.63) is 208 Å². The molecular formula is C69H63BN2. The quantitative estimate of drug-likeness (QED) is 0.156. The summed E-state index contributed by atoms with van der Waals surface area (Å²) >= 11 is 0. The van der Waals surface area contributed by atoms with Gasteiger partial charge in [0, 0.05) is 38.7 Å². The first kappa shape index (κ1) is 42.0. The molecule has 0 atom stereocenters. The Balaban J connectivity index is 1.06. The molecule has 72 heavy (non-hydrogen) atoms. The average molecular weight is 931 g/mol. The molecule has 4 heterocycles. The van der Waals surface area contributed by atoms with Gasteiger partial charge in [-0.25, -0.2) is 0 Å². The highest BCUT2D eigenvalue weighted by Crippen LogP contribution is 2.61. The van der Waals surface area contributed by atoms with E-state index in [0.29, 0.717) is 5.41 Å². The Kier molecular flexibility index (Phi) is 8.88. The number of hydrogen-bond acceptors (Lipinski definition) is 1. The van der Waals surface area contributed by atoms with Crippen LogP contribution in [0, 0.1) is 25.7 Å². The van der Waals surface area contributed by atoms with E-state index in [1.54, 1.807) is 11.1 Å². The Morgan fingerprint density at radius 2 is 1.08 bits per heavy atom. The summed E-state index contributed by atoms with van der Waals surface area (Å²) in [5, 5.41) is 2.98. The standard InChI is InChI=1S/C69H63BN2/c1-44-17-11-18-45(2)63(44)48-37-54-56-41-52(68-35-15-21-47(43-68)22-16-36-68)40-55-53-39-51(67-33-13-19-46(42-67)20-14-34-67)31-32-60(53)72(65(55)56)70-59-29-12-28-58-66(59)71(62(38-48)64(54)70)61-30-10-9-27-57(61)69(58,49-23-5-3-6-24-49)50-25-7-4-8-26-50/h3-12,17-18,23-32,37-41,46-47H,13-16,19-22,33-36,42-43H2,1-2H3. The van der Waals surface area contributed by atoms with Crippen molar-refractivity contribution in [2.24, 2.45) is 11.8 Å². The van der Waals surface area contributed by atoms with Crippen molar-refractivity contribution in [3.8, 4) is 22.3 Å². The second-order valence-electron chi connectivity index (χ2n) is 24.0. The molecule has 0 saturated heterocycles. The molecule has 4 bridgehead atoms. The van der Waals surface area contributed by atoms with Crippen LogP contribution in [0.2, 0.25) is 0 Å². The Labute approximate surface area is 426 Å². The smallest absolute Gasteiger partial charge is 0.333 e. The summed E-state index contributed by atoms with van der Waals surface area (Å²) in [5.41, 5.74) is 26.3. The number of para-hydroxylation sites is 2. The van der Waals surface area contributed by atoms with Gasteiger partial charge in [-0.2, -0.15) is 0 Å². The van der Waals surface area contributed by atoms with E-state index >= 15 is 0 Å². The van der Waals surface area contributed by atoms with E-state index in [1.165, 1.54) is 195 Å². The monoisotopic (exact) mass is 931 g/mol. The first-order valence-electron chi connectivity index (χ1n) is 28.0. The summed E-state index contributed by atoms with van der Waals surface area (Å²) in [6, 6.07) is 65.3. The average Bonchev–Trinajstić information content (AvgIpc) is 3.74. The zero-order chi connectivity index (χ0) is 47.5. The molecule has 8 aromatic carbocycles. The fourth-order valence-corrected chi connectivity index (χ4v) is 17.7. The molecule has 16 rings (SSSR count). The molecule has 3 aliphatic heterocycles. The maximum Gasteiger partial charge on any atom is 0.333 e. The van der Waals surface area contributed by atoms with Crippen molar-refractivity contribution < 1.29 is 0 Å². The number of aromatic nitrogens is 1. The van der Waals surface area contributed by atoms with Gasteiger partial charge in [0.1, 0.15) is 0 Å². The van der Waals surface area contributed by atoms with Crippen LogP contribution in [-0.4, -0.2) is 11.3 Å². The van der Waals surface area contributed by atoms with Gasteiger partial charge in [0.2, 0.25) is 0 Å². The largest absolute Gasteiger partial charge is 0.375 e. The Morgan fingerprint density at radius 3 is 1.76 bits per heavy atom. The number of benzene rings is 8. The SMILES string of the molecule is Cc1cccc(C)c1-c1cc2c3c(c1)N1c4ccccc4C(c4ccccc4)(c4ccccc4)c4cccc(c41)B3n1c3ccc(C45CCCC(CCC4)C5)cc3c3cc(C45CCCC(CCC4)C5)cc-2c31. The first-order valence-corrected chi connectivity index (χ1v) is 28.0. The van der Waals surface area contributed by atoms with Crippen molar-refractivity contribution in [2.45, 2.75) is 120 Å². The van der Waals surface area contributed by atoms with Crippen molar-refractivity contribution >= 4 is 56.6 Å². The van der Waals surface area contributed by atoms with E-state index in [9.17, 15) is 0 Å². The van der Waals surface area contributed by atoms with Gasteiger partial charge in [-0.15, -0.1) is 0 Å². The van der Waals surface area contributed by atoms with Crippen molar-refractivity contribution in [3.63, 3.8) is 0 Å². The molecule has 0 spiro atoms. The molecular weight excluding hydrogens is 868 g/mol. The number of nitrogens with zero attached hydrogens (tertiary/aromatic N) is 2. The van der Waals surface area contributed by atoms with Crippen LogP contribution in [0.25, 0.3) is 44.1 Å². The summed E-state index contributed by atoms with van der Waals surface area (Å²) in [4.78, 5) is 2.74. The molecule has 7 aliphatic rings. The molecule has 4 aliphatic carbocycles. The third kappa shape index (κ3) is 5.53. The van der Waals surface area contributed by atoms with Crippen LogP contribution < -0.4 is 15.8 Å². The van der Waals surface area contributed by atoms with E-state index in [-0.39, 0.29) is 12.3 Å². The lowest BCUT2D eigenvalue weighted by Crippen LogP contribution is -2.58.